The molecule has 0 bridgehead atoms. The Labute approximate surface area is 147 Å². The quantitative estimate of drug-likeness (QED) is 0.433. The predicted molar refractivity (Wildman–Crippen MR) is 96.1 cm³/mol. The Morgan fingerprint density at radius 2 is 1.60 bits per heavy atom. The molecule has 0 radical (unpaired) electrons. The number of amides is 1. The van der Waals surface area contributed by atoms with Crippen LogP contribution >= 0.6 is 0 Å². The van der Waals surface area contributed by atoms with Gasteiger partial charge in [-0.1, -0.05) is 24.3 Å². The molecule has 7 nitrogen and oxygen atoms in total. The summed E-state index contributed by atoms with van der Waals surface area (Å²) in [5.41, 5.74) is 0.268. The van der Waals surface area contributed by atoms with Gasteiger partial charge in [0.25, 0.3) is 0 Å². The fourth-order valence-corrected chi connectivity index (χ4v) is 1.67. The van der Waals surface area contributed by atoms with E-state index in [1.807, 2.05) is 0 Å². The summed E-state index contributed by atoms with van der Waals surface area (Å²) in [5.74, 6) is -0.684. The van der Waals surface area contributed by atoms with Crippen molar-refractivity contribution in [3.05, 3.63) is 54.1 Å². The molecular weight excluding hydrogens is 322 g/mol. The van der Waals surface area contributed by atoms with Crippen LogP contribution in [0.2, 0.25) is 0 Å². The summed E-state index contributed by atoms with van der Waals surface area (Å²) in [6, 6.07) is 13.4. The monoisotopic (exact) mass is 345 g/mol. The van der Waals surface area contributed by atoms with Gasteiger partial charge >= 0.3 is 12.1 Å². The molecule has 1 aromatic carbocycles. The molecule has 0 saturated carbocycles. The number of ether oxygens (including phenoxy) is 2. The number of carbonyl (C=O) groups excluding carboxylic acids is 2. The highest BCUT2D eigenvalue weighted by molar-refractivity contribution is 6.00. The van der Waals surface area contributed by atoms with Crippen LogP contribution in [0.5, 0.6) is 0 Å². The molecule has 0 unspecified atom stereocenters. The van der Waals surface area contributed by atoms with Gasteiger partial charge < -0.3 is 14.8 Å². The molecule has 0 heterocycles. The van der Waals surface area contributed by atoms with E-state index in [4.69, 9.17) is 14.9 Å². The van der Waals surface area contributed by atoms with Gasteiger partial charge in [0.1, 0.15) is 5.60 Å². The Morgan fingerprint density at radius 3 is 2.24 bits per heavy atom. The third-order valence-corrected chi connectivity index (χ3v) is 2.64. The third kappa shape index (κ3) is 8.36. The van der Waals surface area contributed by atoms with Crippen LogP contribution in [0, 0.1) is 5.41 Å². The number of rotatable bonds is 2. The number of anilines is 1. The van der Waals surface area contributed by atoms with Crippen molar-refractivity contribution in [3.8, 4) is 0 Å². The second-order valence-corrected chi connectivity index (χ2v) is 5.97. The topological polar surface area (TPSA) is 101 Å². The molecule has 0 aliphatic carbocycles. The van der Waals surface area contributed by atoms with E-state index in [-0.39, 0.29) is 5.96 Å². The first-order valence-corrected chi connectivity index (χ1v) is 7.58. The van der Waals surface area contributed by atoms with Gasteiger partial charge in [0, 0.05) is 5.69 Å². The Morgan fingerprint density at radius 1 is 1.00 bits per heavy atom. The van der Waals surface area contributed by atoms with Crippen molar-refractivity contribution in [1.29, 1.82) is 5.41 Å². The van der Waals surface area contributed by atoms with E-state index in [1.165, 1.54) is 7.11 Å². The lowest BCUT2D eigenvalue weighted by molar-refractivity contribution is 0.0560. The minimum atomic E-state index is -0.721. The molecule has 134 valence electrons. The number of nitrogens with one attached hydrogen (secondary N) is 3. The standard InChI is InChI=1S/C18H23N3O4/c1-18(2,3)25-17(23)21-16(19)20-14-11-7-5-6-9-13(10-8-12-14)15(22)24-4/h5-12H,1-4H3,(H3,19,20,21,23). The van der Waals surface area contributed by atoms with E-state index >= 15 is 0 Å². The van der Waals surface area contributed by atoms with Gasteiger partial charge in [-0.15, -0.1) is 0 Å². The molecular formula is C18H23N3O4. The maximum absolute atomic E-state index is 11.6. The largest absolute Gasteiger partial charge is 0.465 e. The van der Waals surface area contributed by atoms with Crippen LogP contribution in [0.3, 0.4) is 0 Å². The van der Waals surface area contributed by atoms with E-state index in [0.717, 1.165) is 0 Å². The number of guanidine groups is 1. The first kappa shape index (κ1) is 20.0. The zero-order chi connectivity index (χ0) is 18.9. The minimum Gasteiger partial charge on any atom is -0.465 e. The van der Waals surface area contributed by atoms with Crippen molar-refractivity contribution in [1.82, 2.24) is 5.32 Å². The highest BCUT2D eigenvalue weighted by atomic mass is 16.6. The molecule has 1 amide bonds. The van der Waals surface area contributed by atoms with Crippen LogP contribution < -0.4 is 10.6 Å². The molecule has 25 heavy (non-hydrogen) atoms. The lowest BCUT2D eigenvalue weighted by Gasteiger charge is -2.19. The number of hydrogen-bond acceptors (Lipinski definition) is 5. The second kappa shape index (κ2) is 9.27. The van der Waals surface area contributed by atoms with Crippen LogP contribution in [0.4, 0.5) is 10.5 Å². The van der Waals surface area contributed by atoms with E-state index in [2.05, 4.69) is 10.6 Å². The maximum atomic E-state index is 11.6. The van der Waals surface area contributed by atoms with Crippen LogP contribution in [0.15, 0.2) is 48.5 Å². The molecule has 0 saturated heterocycles. The smallest absolute Gasteiger partial charge is 0.414 e. The zero-order valence-electron chi connectivity index (χ0n) is 14.8. The molecule has 1 rings (SSSR count). The Kier molecular flexibility index (Phi) is 7.40. The molecule has 0 fully saturated rings. The van der Waals surface area contributed by atoms with Crippen molar-refractivity contribution < 1.29 is 19.1 Å². The van der Waals surface area contributed by atoms with E-state index in [1.54, 1.807) is 69.3 Å². The van der Waals surface area contributed by atoms with Gasteiger partial charge in [0.05, 0.1) is 12.7 Å². The second-order valence-electron chi connectivity index (χ2n) is 5.97. The lowest BCUT2D eigenvalue weighted by atomic mass is 10.2. The summed E-state index contributed by atoms with van der Waals surface area (Å²) in [5, 5.41) is 12.8. The number of methoxy groups -OCH3 is 1. The summed E-state index contributed by atoms with van der Waals surface area (Å²) in [6.45, 7) is 5.21. The Balaban J connectivity index is 2.88. The van der Waals surface area contributed by atoms with Gasteiger partial charge in [0.15, 0.2) is 0 Å². The molecule has 7 heteroatoms. The molecule has 0 atom stereocenters. The molecule has 3 N–H and O–H groups in total. The Hall–Kier alpha value is -3.09. The average Bonchev–Trinajstić information content (AvgIpc) is 2.50. The van der Waals surface area contributed by atoms with Crippen LogP contribution in [0.25, 0.3) is 0 Å². The number of alkyl carbamates (subject to hydrolysis) is 1. The van der Waals surface area contributed by atoms with Gasteiger partial charge in [-0.25, -0.2) is 9.59 Å². The maximum Gasteiger partial charge on any atom is 0.414 e. The summed E-state index contributed by atoms with van der Waals surface area (Å²) >= 11 is 0. The highest BCUT2D eigenvalue weighted by Gasteiger charge is 2.16. The molecule has 1 aromatic rings. The van der Waals surface area contributed by atoms with Crippen LogP contribution in [-0.4, -0.2) is 30.7 Å². The Bertz CT molecular complexity index is 695. The molecule has 0 aliphatic rings. The first-order valence-electron chi connectivity index (χ1n) is 7.58. The average molecular weight is 345 g/mol. The summed E-state index contributed by atoms with van der Waals surface area (Å²) in [4.78, 5) is 23.2. The summed E-state index contributed by atoms with van der Waals surface area (Å²) in [6.07, 6.45) is -0.721. The van der Waals surface area contributed by atoms with Gasteiger partial charge in [0.2, 0.25) is 5.96 Å². The molecule has 0 aliphatic heterocycles. The van der Waals surface area contributed by atoms with Gasteiger partial charge in [-0.05, 0) is 45.0 Å². The number of esters is 1. The number of carbonyl (C=O) groups is 2. The lowest BCUT2D eigenvalue weighted by Crippen LogP contribution is -2.39. The highest BCUT2D eigenvalue weighted by Crippen LogP contribution is 2.07. The fraction of sp³-hybridized carbons (Fsp3) is 0.278. The van der Waals surface area contributed by atoms with Crippen LogP contribution in [0.1, 0.15) is 31.1 Å². The van der Waals surface area contributed by atoms with Gasteiger partial charge in [-0.3, -0.25) is 10.7 Å². The molecule has 0 spiro atoms. The normalized spacial score (nSPS) is 10.1. The third-order valence-electron chi connectivity index (χ3n) is 2.64. The van der Waals surface area contributed by atoms with Crippen LogP contribution in [-0.2, 0) is 9.47 Å². The minimum absolute atomic E-state index is 0.233. The molecule has 0 aromatic heterocycles. The SMILES string of the molecule is COC(=O)c1cccccc(NC(=N)NC(=O)OC(C)(C)C)ccc1. The zero-order valence-corrected chi connectivity index (χ0v) is 14.8. The van der Waals surface area contributed by atoms with Crippen molar-refractivity contribution in [3.63, 3.8) is 0 Å². The van der Waals surface area contributed by atoms with Crippen molar-refractivity contribution in [2.24, 2.45) is 0 Å². The van der Waals surface area contributed by atoms with E-state index < -0.39 is 17.7 Å². The van der Waals surface area contributed by atoms with E-state index in [0.29, 0.717) is 11.3 Å². The predicted octanol–water partition coefficient (Wildman–Crippen LogP) is 3.47. The van der Waals surface area contributed by atoms with E-state index in [9.17, 15) is 9.59 Å². The van der Waals surface area contributed by atoms with Crippen molar-refractivity contribution in [2.45, 2.75) is 26.4 Å². The van der Waals surface area contributed by atoms with Crippen molar-refractivity contribution in [2.75, 3.05) is 12.4 Å². The van der Waals surface area contributed by atoms with Gasteiger partial charge in [-0.2, -0.15) is 0 Å². The number of hydrogen-bond donors (Lipinski definition) is 3. The summed E-state index contributed by atoms with van der Waals surface area (Å²) in [7, 11) is 1.31. The fourth-order valence-electron chi connectivity index (χ4n) is 1.67. The first-order chi connectivity index (χ1) is 11.7. The van der Waals surface area contributed by atoms with Crippen molar-refractivity contribution >= 4 is 23.7 Å². The summed E-state index contributed by atoms with van der Waals surface area (Å²) < 4.78 is 9.77.